The number of hydrogen-bond donors (Lipinski definition) is 1. The summed E-state index contributed by atoms with van der Waals surface area (Å²) in [5, 5.41) is 15.9. The molecule has 0 radical (unpaired) electrons. The van der Waals surface area contributed by atoms with Crippen LogP contribution < -0.4 is 0 Å². The van der Waals surface area contributed by atoms with Gasteiger partial charge in [0.25, 0.3) is 0 Å². The third-order valence-corrected chi connectivity index (χ3v) is 4.72. The van der Waals surface area contributed by atoms with Crippen LogP contribution >= 0.6 is 27.7 Å². The first-order valence-corrected chi connectivity index (χ1v) is 8.33. The van der Waals surface area contributed by atoms with Crippen LogP contribution in [0.3, 0.4) is 0 Å². The third kappa shape index (κ3) is 2.51. The van der Waals surface area contributed by atoms with E-state index in [2.05, 4.69) is 31.0 Å². The Bertz CT molecular complexity index is 595. The average molecular weight is 343 g/mol. The van der Waals surface area contributed by atoms with Gasteiger partial charge in [-0.25, -0.2) is 14.6 Å². The van der Waals surface area contributed by atoms with Crippen molar-refractivity contribution in [2.24, 2.45) is 0 Å². The fourth-order valence-corrected chi connectivity index (χ4v) is 3.32. The van der Waals surface area contributed by atoms with Gasteiger partial charge in [-0.15, -0.1) is 0 Å². The van der Waals surface area contributed by atoms with Crippen molar-refractivity contribution in [1.29, 1.82) is 0 Å². The Morgan fingerprint density at radius 2 is 2.11 bits per heavy atom. The monoisotopic (exact) mass is 342 g/mol. The smallest absolute Gasteiger partial charge is 0.189 e. The average Bonchev–Trinajstić information content (AvgIpc) is 2.76. The van der Waals surface area contributed by atoms with Gasteiger partial charge in [0.1, 0.15) is 4.60 Å². The molecule has 2 heterocycles. The zero-order valence-electron chi connectivity index (χ0n) is 10.6. The number of fused-ring (bicyclic) bond motifs is 1. The maximum absolute atomic E-state index is 9.61. The highest BCUT2D eigenvalue weighted by molar-refractivity contribution is 9.10. The van der Waals surface area contributed by atoms with Crippen molar-refractivity contribution in [1.82, 2.24) is 19.7 Å². The highest BCUT2D eigenvalue weighted by Crippen LogP contribution is 2.32. The van der Waals surface area contributed by atoms with Crippen LogP contribution in [0.15, 0.2) is 16.0 Å². The predicted octanol–water partition coefficient (Wildman–Crippen LogP) is 2.79. The highest BCUT2D eigenvalue weighted by Gasteiger charge is 2.24. The molecular formula is C12H15BrN4OS. The lowest BCUT2D eigenvalue weighted by atomic mass is 9.93. The van der Waals surface area contributed by atoms with Crippen LogP contribution in [-0.4, -0.2) is 37.2 Å². The molecule has 0 aromatic carbocycles. The maximum atomic E-state index is 9.61. The SMILES string of the molecule is CSc1ncc2c(Br)nn(C3CCC(O)CC3)c2n1. The maximum Gasteiger partial charge on any atom is 0.189 e. The van der Waals surface area contributed by atoms with Gasteiger partial charge in [-0.1, -0.05) is 11.8 Å². The largest absolute Gasteiger partial charge is 0.393 e. The quantitative estimate of drug-likeness (QED) is 0.671. The van der Waals surface area contributed by atoms with Gasteiger partial charge in [0.15, 0.2) is 10.8 Å². The summed E-state index contributed by atoms with van der Waals surface area (Å²) in [6.07, 6.45) is 7.20. The van der Waals surface area contributed by atoms with Gasteiger partial charge < -0.3 is 5.11 Å². The number of thioether (sulfide) groups is 1. The summed E-state index contributed by atoms with van der Waals surface area (Å²) < 4.78 is 2.79. The van der Waals surface area contributed by atoms with E-state index in [0.717, 1.165) is 46.5 Å². The lowest BCUT2D eigenvalue weighted by molar-refractivity contribution is 0.108. The van der Waals surface area contributed by atoms with Gasteiger partial charge in [-0.05, 0) is 47.9 Å². The minimum absolute atomic E-state index is 0.155. The minimum Gasteiger partial charge on any atom is -0.393 e. The van der Waals surface area contributed by atoms with Gasteiger partial charge in [0, 0.05) is 6.20 Å². The van der Waals surface area contributed by atoms with Gasteiger partial charge in [-0.2, -0.15) is 5.10 Å². The molecular weight excluding hydrogens is 328 g/mol. The number of nitrogens with zero attached hydrogens (tertiary/aromatic N) is 4. The first-order valence-electron chi connectivity index (χ1n) is 6.32. The Kier molecular flexibility index (Phi) is 3.77. The van der Waals surface area contributed by atoms with Crippen molar-refractivity contribution in [2.45, 2.75) is 43.0 Å². The molecule has 7 heteroatoms. The fraction of sp³-hybridized carbons (Fsp3) is 0.583. The van der Waals surface area contributed by atoms with E-state index >= 15 is 0 Å². The number of aliphatic hydroxyl groups is 1. The second kappa shape index (κ2) is 5.38. The summed E-state index contributed by atoms with van der Waals surface area (Å²) in [7, 11) is 0. The van der Waals surface area contributed by atoms with E-state index in [1.807, 2.05) is 17.1 Å². The molecule has 1 N–H and O–H groups in total. The summed E-state index contributed by atoms with van der Waals surface area (Å²) in [4.78, 5) is 8.85. The van der Waals surface area contributed by atoms with Crippen LogP contribution in [0.1, 0.15) is 31.7 Å². The Morgan fingerprint density at radius 1 is 1.37 bits per heavy atom. The Hall–Kier alpha value is -0.660. The number of rotatable bonds is 2. The number of halogens is 1. The summed E-state index contributed by atoms with van der Waals surface area (Å²) in [5.41, 5.74) is 0.882. The normalized spacial score (nSPS) is 23.9. The first kappa shape index (κ1) is 13.3. The molecule has 2 aromatic heterocycles. The van der Waals surface area contributed by atoms with Gasteiger partial charge in [0.2, 0.25) is 0 Å². The second-order valence-electron chi connectivity index (χ2n) is 4.79. The molecule has 1 aliphatic rings. The number of aromatic nitrogens is 4. The molecule has 1 fully saturated rings. The Balaban J connectivity index is 2.02. The molecule has 2 aromatic rings. The predicted molar refractivity (Wildman–Crippen MR) is 78.3 cm³/mol. The lowest BCUT2D eigenvalue weighted by Crippen LogP contribution is -2.22. The minimum atomic E-state index is -0.155. The van der Waals surface area contributed by atoms with Crippen LogP contribution in [0, 0.1) is 0 Å². The van der Waals surface area contributed by atoms with Crippen LogP contribution in [0.5, 0.6) is 0 Å². The molecule has 0 spiro atoms. The topological polar surface area (TPSA) is 63.8 Å². The summed E-state index contributed by atoms with van der Waals surface area (Å²) in [5.74, 6) is 0. The van der Waals surface area contributed by atoms with E-state index in [0.29, 0.717) is 6.04 Å². The third-order valence-electron chi connectivity index (χ3n) is 3.58. The van der Waals surface area contributed by atoms with E-state index in [-0.39, 0.29) is 6.10 Å². The van der Waals surface area contributed by atoms with Crippen LogP contribution in [0.4, 0.5) is 0 Å². The summed E-state index contributed by atoms with van der Waals surface area (Å²) in [6, 6.07) is 0.321. The Morgan fingerprint density at radius 3 is 2.79 bits per heavy atom. The molecule has 0 saturated heterocycles. The fourth-order valence-electron chi connectivity index (χ4n) is 2.53. The molecule has 0 atom stereocenters. The molecule has 0 amide bonds. The highest BCUT2D eigenvalue weighted by atomic mass is 79.9. The number of aliphatic hydroxyl groups excluding tert-OH is 1. The van der Waals surface area contributed by atoms with Crippen LogP contribution in [-0.2, 0) is 0 Å². The number of hydrogen-bond acceptors (Lipinski definition) is 5. The van der Waals surface area contributed by atoms with E-state index in [4.69, 9.17) is 0 Å². The van der Waals surface area contributed by atoms with Crippen molar-refractivity contribution in [3.05, 3.63) is 10.8 Å². The van der Waals surface area contributed by atoms with Crippen LogP contribution in [0.25, 0.3) is 11.0 Å². The molecule has 1 aliphatic carbocycles. The van der Waals surface area contributed by atoms with E-state index < -0.39 is 0 Å². The van der Waals surface area contributed by atoms with Gasteiger partial charge in [-0.3, -0.25) is 0 Å². The van der Waals surface area contributed by atoms with Crippen LogP contribution in [0.2, 0.25) is 0 Å². The molecule has 0 bridgehead atoms. The van der Waals surface area contributed by atoms with Gasteiger partial charge >= 0.3 is 0 Å². The van der Waals surface area contributed by atoms with E-state index in [1.54, 1.807) is 0 Å². The van der Waals surface area contributed by atoms with Crippen molar-refractivity contribution < 1.29 is 5.11 Å². The summed E-state index contributed by atoms with van der Waals surface area (Å²) in [6.45, 7) is 0. The Labute approximate surface area is 123 Å². The molecule has 19 heavy (non-hydrogen) atoms. The van der Waals surface area contributed by atoms with E-state index in [1.165, 1.54) is 11.8 Å². The molecule has 5 nitrogen and oxygen atoms in total. The second-order valence-corrected chi connectivity index (χ2v) is 6.32. The molecule has 1 saturated carbocycles. The van der Waals surface area contributed by atoms with Crippen molar-refractivity contribution in [2.75, 3.05) is 6.26 Å². The zero-order chi connectivity index (χ0) is 13.4. The first-order chi connectivity index (χ1) is 9.19. The summed E-state index contributed by atoms with van der Waals surface area (Å²) >= 11 is 5.00. The van der Waals surface area contributed by atoms with Crippen molar-refractivity contribution in [3.63, 3.8) is 0 Å². The molecule has 0 aliphatic heterocycles. The van der Waals surface area contributed by atoms with Gasteiger partial charge in [0.05, 0.1) is 17.5 Å². The molecule has 0 unspecified atom stereocenters. The van der Waals surface area contributed by atoms with Crippen molar-refractivity contribution in [3.8, 4) is 0 Å². The van der Waals surface area contributed by atoms with E-state index in [9.17, 15) is 5.11 Å². The standard InChI is InChI=1S/C12H15BrN4OS/c1-19-12-14-6-9-10(13)16-17(11(9)15-12)7-2-4-8(18)5-3-7/h6-8,18H,2-5H2,1H3. The molecule has 102 valence electrons. The zero-order valence-corrected chi connectivity index (χ0v) is 13.0. The van der Waals surface area contributed by atoms with Crippen molar-refractivity contribution >= 4 is 38.7 Å². The molecule has 3 rings (SSSR count). The lowest BCUT2D eigenvalue weighted by Gasteiger charge is -2.25.